The Labute approximate surface area is 292 Å². The van der Waals surface area contributed by atoms with Crippen LogP contribution in [-0.2, 0) is 29.2 Å². The van der Waals surface area contributed by atoms with Gasteiger partial charge in [-0.3, -0.25) is 24.0 Å². The molecule has 0 aliphatic heterocycles. The quantitative estimate of drug-likeness (QED) is 0.106. The molecule has 0 spiro atoms. The Bertz CT molecular complexity index is 1340. The minimum Gasteiger partial charge on any atom is -0.390 e. The molecule has 0 aliphatic carbocycles. The third-order valence-electron chi connectivity index (χ3n) is 7.97. The summed E-state index contributed by atoms with van der Waals surface area (Å²) in [6.07, 6.45) is 0.0323. The van der Waals surface area contributed by atoms with Gasteiger partial charge >= 0.3 is 0 Å². The van der Waals surface area contributed by atoms with E-state index in [4.69, 9.17) is 5.14 Å². The zero-order valence-corrected chi connectivity index (χ0v) is 30.3. The number of benzene rings is 1. The van der Waals surface area contributed by atoms with Crippen molar-refractivity contribution in [1.82, 2.24) is 26.6 Å². The molecular weight excluding hydrogens is 652 g/mol. The Morgan fingerprint density at radius 1 is 0.816 bits per heavy atom. The normalized spacial score (nSPS) is 15.1. The first-order valence-corrected chi connectivity index (χ1v) is 18.2. The number of aliphatic hydroxyl groups excluding tert-OH is 1. The molecule has 1 rings (SSSR count). The predicted octanol–water partition coefficient (Wildman–Crippen LogP) is 1.96. The molecule has 0 aliphatic rings. The van der Waals surface area contributed by atoms with Gasteiger partial charge in [0.15, 0.2) is 0 Å². The molecule has 1 aromatic carbocycles. The highest BCUT2D eigenvalue weighted by molar-refractivity contribution is 7.89. The molecule has 1 aromatic rings. The molecule has 14 nitrogen and oxygen atoms in total. The molecule has 8 N–H and O–H groups in total. The van der Waals surface area contributed by atoms with E-state index in [-0.39, 0.29) is 54.4 Å². The first-order chi connectivity index (χ1) is 22.4. The van der Waals surface area contributed by atoms with E-state index >= 15 is 0 Å². The highest BCUT2D eigenvalue weighted by Crippen LogP contribution is 2.15. The second kappa shape index (κ2) is 21.5. The van der Waals surface area contributed by atoms with E-state index in [1.807, 2.05) is 27.7 Å². The number of aliphatic hydroxyl groups is 1. The van der Waals surface area contributed by atoms with E-state index in [2.05, 4.69) is 26.6 Å². The Hall–Kier alpha value is -3.56. The van der Waals surface area contributed by atoms with E-state index in [1.165, 1.54) is 24.3 Å². The summed E-state index contributed by atoms with van der Waals surface area (Å²) in [4.78, 5) is 65.3. The van der Waals surface area contributed by atoms with Crippen molar-refractivity contribution in [2.45, 2.75) is 130 Å². The van der Waals surface area contributed by atoms with Crippen molar-refractivity contribution in [3.05, 3.63) is 29.8 Å². The predicted molar refractivity (Wildman–Crippen MR) is 190 cm³/mol. The van der Waals surface area contributed by atoms with Crippen LogP contribution in [0.15, 0.2) is 29.2 Å². The number of amides is 5. The number of hydrogen-bond donors (Lipinski definition) is 7. The van der Waals surface area contributed by atoms with Gasteiger partial charge in [0.25, 0.3) is 5.91 Å². The van der Waals surface area contributed by atoms with Crippen LogP contribution in [-0.4, -0.2) is 79.9 Å². The maximum Gasteiger partial charge on any atom is 0.251 e. The van der Waals surface area contributed by atoms with Gasteiger partial charge in [-0.05, 0) is 61.8 Å². The van der Waals surface area contributed by atoms with Gasteiger partial charge in [-0.2, -0.15) is 0 Å². The maximum atomic E-state index is 13.6. The molecule has 0 saturated heterocycles. The van der Waals surface area contributed by atoms with Crippen LogP contribution in [0.25, 0.3) is 0 Å². The maximum absolute atomic E-state index is 13.6. The molecule has 280 valence electrons. The lowest BCUT2D eigenvalue weighted by Gasteiger charge is -2.30. The van der Waals surface area contributed by atoms with Gasteiger partial charge in [0.2, 0.25) is 33.7 Å². The topological polar surface area (TPSA) is 226 Å². The van der Waals surface area contributed by atoms with E-state index in [0.717, 1.165) is 0 Å². The van der Waals surface area contributed by atoms with Crippen LogP contribution >= 0.6 is 0 Å². The Morgan fingerprint density at radius 2 is 1.41 bits per heavy atom. The van der Waals surface area contributed by atoms with Crippen molar-refractivity contribution < 1.29 is 37.5 Å². The van der Waals surface area contributed by atoms with Gasteiger partial charge in [-0.15, -0.1) is 0 Å². The van der Waals surface area contributed by atoms with Gasteiger partial charge < -0.3 is 31.7 Å². The number of nitrogens with one attached hydrogen (secondary N) is 5. The summed E-state index contributed by atoms with van der Waals surface area (Å²) in [7, 11) is -3.95. The minimum absolute atomic E-state index is 0. The molecule has 5 amide bonds. The van der Waals surface area contributed by atoms with Crippen molar-refractivity contribution in [3.8, 4) is 0 Å². The highest BCUT2D eigenvalue weighted by Gasteiger charge is 2.33. The van der Waals surface area contributed by atoms with Crippen LogP contribution in [0.3, 0.4) is 0 Å². The fraction of sp³-hybridized carbons (Fsp3) is 0.676. The van der Waals surface area contributed by atoms with Crippen LogP contribution in [0.2, 0.25) is 0 Å². The van der Waals surface area contributed by atoms with Gasteiger partial charge in [0.1, 0.15) is 18.1 Å². The largest absolute Gasteiger partial charge is 0.390 e. The second-order valence-corrected chi connectivity index (χ2v) is 14.5. The van der Waals surface area contributed by atoms with Gasteiger partial charge in [-0.25, -0.2) is 13.6 Å². The third-order valence-corrected chi connectivity index (χ3v) is 8.90. The molecule has 0 unspecified atom stereocenters. The molecule has 15 heteroatoms. The lowest BCUT2D eigenvalue weighted by molar-refractivity contribution is -0.133. The van der Waals surface area contributed by atoms with Crippen molar-refractivity contribution in [2.24, 2.45) is 22.9 Å². The second-order valence-electron chi connectivity index (χ2n) is 13.0. The molecule has 0 radical (unpaired) electrons. The van der Waals surface area contributed by atoms with E-state index in [1.54, 1.807) is 27.7 Å². The minimum atomic E-state index is -3.95. The van der Waals surface area contributed by atoms with Crippen LogP contribution in [0.4, 0.5) is 0 Å². The summed E-state index contributed by atoms with van der Waals surface area (Å²) in [5.74, 6) is -3.10. The number of sulfonamides is 1. The summed E-state index contributed by atoms with van der Waals surface area (Å²) in [6, 6.07) is 1.34. The summed E-state index contributed by atoms with van der Waals surface area (Å²) in [6.45, 7) is 15.1. The fourth-order valence-corrected chi connectivity index (χ4v) is 5.54. The summed E-state index contributed by atoms with van der Waals surface area (Å²) in [5, 5.41) is 29.9. The standard InChI is InChI=1S/C33H56N6O8S.CH4/c1-9-12-24(36-33(45)29(21(8)10-2)39-30(42)22-13-15-23(16-14-22)48(34,46)47)31(43)37-25(17-19(4)5)26(40)18-27(41)38-28(20(6)7)32(44)35-11-3;/h13-16,19-21,24-26,28-29,40H,9-12,17-18H2,1-8H3,(H,35,44)(H,36,45)(H,37,43)(H,38,41)(H,39,42)(H2,34,46,47);1H4/t21-,24-,25-,26-,28-,29-;/m0./s1. The number of carbonyl (C=O) groups excluding carboxylic acids is 5. The number of nitrogens with two attached hydrogens (primary N) is 1. The van der Waals surface area contributed by atoms with Crippen LogP contribution in [0, 0.1) is 17.8 Å². The summed E-state index contributed by atoms with van der Waals surface area (Å²) >= 11 is 0. The average Bonchev–Trinajstić information content (AvgIpc) is 3.00. The zero-order chi connectivity index (χ0) is 36.8. The smallest absolute Gasteiger partial charge is 0.251 e. The molecule has 0 heterocycles. The molecule has 0 saturated carbocycles. The molecule has 0 bridgehead atoms. The van der Waals surface area contributed by atoms with E-state index in [9.17, 15) is 37.5 Å². The number of hydrogen-bond acceptors (Lipinski definition) is 8. The number of primary sulfonamides is 1. The third kappa shape index (κ3) is 15.3. The van der Waals surface area contributed by atoms with E-state index < -0.39 is 63.9 Å². The molecule has 49 heavy (non-hydrogen) atoms. The average molecular weight is 713 g/mol. The Morgan fingerprint density at radius 3 is 1.88 bits per heavy atom. The lowest BCUT2D eigenvalue weighted by Crippen LogP contribution is -2.58. The first kappa shape index (κ1) is 45.4. The van der Waals surface area contributed by atoms with Crippen LogP contribution < -0.4 is 31.7 Å². The highest BCUT2D eigenvalue weighted by atomic mass is 32.2. The first-order valence-electron chi connectivity index (χ1n) is 16.7. The van der Waals surface area contributed by atoms with Gasteiger partial charge in [0, 0.05) is 12.1 Å². The van der Waals surface area contributed by atoms with Gasteiger partial charge in [-0.1, -0.05) is 68.7 Å². The molecular formula is C34H60N6O8S. The Kier molecular flexibility index (Phi) is 19.9. The van der Waals surface area contributed by atoms with Crippen molar-refractivity contribution in [3.63, 3.8) is 0 Å². The van der Waals surface area contributed by atoms with Crippen molar-refractivity contribution in [2.75, 3.05) is 6.54 Å². The van der Waals surface area contributed by atoms with Crippen LogP contribution in [0.5, 0.6) is 0 Å². The van der Waals surface area contributed by atoms with Crippen molar-refractivity contribution >= 4 is 39.6 Å². The SMILES string of the molecule is C.CCC[C@H](NC(=O)[C@@H](NC(=O)c1ccc(S(N)(=O)=O)cc1)[C@@H](C)CC)C(=O)N[C@@H](CC(C)C)[C@@H](O)CC(=O)N[C@H](C(=O)NCC)C(C)C. The Balaban J connectivity index is 0.0000230. The summed E-state index contributed by atoms with van der Waals surface area (Å²) in [5.41, 5.74) is 0.117. The van der Waals surface area contributed by atoms with Gasteiger partial charge in [0.05, 0.1) is 23.5 Å². The van der Waals surface area contributed by atoms with Crippen molar-refractivity contribution in [1.29, 1.82) is 0 Å². The monoisotopic (exact) mass is 712 g/mol. The fourth-order valence-electron chi connectivity index (χ4n) is 5.03. The number of likely N-dealkylation sites (N-methyl/N-ethyl adjacent to an activating group) is 1. The lowest BCUT2D eigenvalue weighted by atomic mass is 9.95. The molecule has 0 aromatic heterocycles. The van der Waals surface area contributed by atoms with Crippen LogP contribution in [0.1, 0.15) is 105 Å². The zero-order valence-electron chi connectivity index (χ0n) is 29.5. The molecule has 0 fully saturated rings. The van der Waals surface area contributed by atoms with E-state index in [0.29, 0.717) is 25.8 Å². The summed E-state index contributed by atoms with van der Waals surface area (Å²) < 4.78 is 23.1. The number of carbonyl (C=O) groups is 5. The number of rotatable bonds is 20. The molecule has 6 atom stereocenters.